The van der Waals surface area contributed by atoms with Gasteiger partial charge in [-0.25, -0.2) is 4.79 Å². The molecule has 0 spiro atoms. The molecular formula is C19H15NO3. The van der Waals surface area contributed by atoms with Crippen molar-refractivity contribution in [2.75, 3.05) is 0 Å². The van der Waals surface area contributed by atoms with E-state index in [4.69, 9.17) is 9.84 Å². The van der Waals surface area contributed by atoms with E-state index in [1.54, 1.807) is 12.1 Å². The molecule has 1 heterocycles. The Bertz CT molecular complexity index is 798. The summed E-state index contributed by atoms with van der Waals surface area (Å²) >= 11 is 0. The highest BCUT2D eigenvalue weighted by atomic mass is 16.5. The smallest absolute Gasteiger partial charge is 0.337 e. The predicted octanol–water partition coefficient (Wildman–Crippen LogP) is 4.03. The molecule has 0 saturated carbocycles. The van der Waals surface area contributed by atoms with Crippen LogP contribution in [0.3, 0.4) is 0 Å². The third kappa shape index (κ3) is 3.55. The molecule has 0 unspecified atom stereocenters. The molecule has 0 aliphatic heterocycles. The lowest BCUT2D eigenvalue weighted by molar-refractivity contribution is 0.0696. The average molecular weight is 305 g/mol. The Balaban J connectivity index is 1.84. The first kappa shape index (κ1) is 14.8. The number of benzene rings is 2. The van der Waals surface area contributed by atoms with Gasteiger partial charge in [-0.15, -0.1) is 0 Å². The lowest BCUT2D eigenvalue weighted by Gasteiger charge is -2.11. The van der Waals surface area contributed by atoms with Gasteiger partial charge in [0, 0.05) is 11.8 Å². The molecule has 2 aromatic carbocycles. The number of nitrogens with zero attached hydrogens (tertiary/aromatic N) is 1. The summed E-state index contributed by atoms with van der Waals surface area (Å²) in [5.74, 6) is -0.274. The van der Waals surface area contributed by atoms with Crippen LogP contribution in [0.4, 0.5) is 0 Å². The SMILES string of the molecule is O=C(O)c1ccc(-c2ccccc2OCc2ccccc2)nc1. The molecule has 0 amide bonds. The number of aromatic carboxylic acids is 1. The maximum Gasteiger partial charge on any atom is 0.337 e. The second-order valence-corrected chi connectivity index (χ2v) is 5.01. The summed E-state index contributed by atoms with van der Waals surface area (Å²) in [5, 5.41) is 8.95. The Hall–Kier alpha value is -3.14. The fraction of sp³-hybridized carbons (Fsp3) is 0.0526. The molecule has 1 aromatic heterocycles. The van der Waals surface area contributed by atoms with E-state index >= 15 is 0 Å². The molecule has 3 rings (SSSR count). The van der Waals surface area contributed by atoms with Gasteiger partial charge in [-0.1, -0.05) is 42.5 Å². The van der Waals surface area contributed by atoms with Gasteiger partial charge in [0.2, 0.25) is 0 Å². The summed E-state index contributed by atoms with van der Waals surface area (Å²) in [7, 11) is 0. The van der Waals surface area contributed by atoms with Gasteiger partial charge in [-0.2, -0.15) is 0 Å². The van der Waals surface area contributed by atoms with Gasteiger partial charge in [-0.05, 0) is 29.8 Å². The first-order valence-electron chi connectivity index (χ1n) is 7.19. The van der Waals surface area contributed by atoms with Crippen LogP contribution in [0, 0.1) is 0 Å². The van der Waals surface area contributed by atoms with E-state index in [2.05, 4.69) is 4.98 Å². The minimum Gasteiger partial charge on any atom is -0.488 e. The van der Waals surface area contributed by atoms with Crippen LogP contribution >= 0.6 is 0 Å². The molecule has 114 valence electrons. The third-order valence-electron chi connectivity index (χ3n) is 3.41. The second kappa shape index (κ2) is 6.75. The summed E-state index contributed by atoms with van der Waals surface area (Å²) in [6.45, 7) is 0.463. The Morgan fingerprint density at radius 2 is 1.70 bits per heavy atom. The van der Waals surface area contributed by atoms with Crippen LogP contribution in [0.1, 0.15) is 15.9 Å². The van der Waals surface area contributed by atoms with Crippen LogP contribution in [0.5, 0.6) is 5.75 Å². The van der Waals surface area contributed by atoms with Crippen LogP contribution in [0.15, 0.2) is 72.9 Å². The zero-order chi connectivity index (χ0) is 16.1. The van der Waals surface area contributed by atoms with Gasteiger partial charge in [0.15, 0.2) is 0 Å². The summed E-state index contributed by atoms with van der Waals surface area (Å²) in [5.41, 5.74) is 2.76. The van der Waals surface area contributed by atoms with E-state index in [1.165, 1.54) is 6.20 Å². The number of rotatable bonds is 5. The summed E-state index contributed by atoms with van der Waals surface area (Å²) < 4.78 is 5.90. The van der Waals surface area contributed by atoms with Crippen molar-refractivity contribution in [2.24, 2.45) is 0 Å². The van der Waals surface area contributed by atoms with Crippen molar-refractivity contribution in [3.05, 3.63) is 84.1 Å². The number of aromatic nitrogens is 1. The fourth-order valence-electron chi connectivity index (χ4n) is 2.22. The molecule has 23 heavy (non-hydrogen) atoms. The zero-order valence-corrected chi connectivity index (χ0v) is 12.3. The highest BCUT2D eigenvalue weighted by molar-refractivity contribution is 5.87. The lowest BCUT2D eigenvalue weighted by Crippen LogP contribution is -1.99. The molecule has 0 radical (unpaired) electrons. The fourth-order valence-corrected chi connectivity index (χ4v) is 2.22. The van der Waals surface area contributed by atoms with Gasteiger partial charge in [-0.3, -0.25) is 4.98 Å². The monoisotopic (exact) mass is 305 g/mol. The largest absolute Gasteiger partial charge is 0.488 e. The maximum atomic E-state index is 10.9. The van der Waals surface area contributed by atoms with E-state index in [1.807, 2.05) is 54.6 Å². The summed E-state index contributed by atoms with van der Waals surface area (Å²) in [6, 6.07) is 20.7. The van der Waals surface area contributed by atoms with Crippen molar-refractivity contribution in [1.29, 1.82) is 0 Å². The first-order chi connectivity index (χ1) is 11.2. The van der Waals surface area contributed by atoms with Gasteiger partial charge >= 0.3 is 5.97 Å². The van der Waals surface area contributed by atoms with E-state index in [0.717, 1.165) is 11.1 Å². The molecule has 4 heteroatoms. The van der Waals surface area contributed by atoms with E-state index < -0.39 is 5.97 Å². The molecule has 0 bridgehead atoms. The number of carbonyl (C=O) groups is 1. The van der Waals surface area contributed by atoms with Crippen molar-refractivity contribution >= 4 is 5.97 Å². The third-order valence-corrected chi connectivity index (χ3v) is 3.41. The van der Waals surface area contributed by atoms with Crippen molar-refractivity contribution in [3.8, 4) is 17.0 Å². The zero-order valence-electron chi connectivity index (χ0n) is 12.3. The van der Waals surface area contributed by atoms with E-state index in [0.29, 0.717) is 18.1 Å². The average Bonchev–Trinajstić information content (AvgIpc) is 2.61. The van der Waals surface area contributed by atoms with Crippen LogP contribution in [-0.2, 0) is 6.61 Å². The molecule has 0 aliphatic rings. The van der Waals surface area contributed by atoms with Gasteiger partial charge in [0.25, 0.3) is 0 Å². The van der Waals surface area contributed by atoms with Crippen molar-refractivity contribution < 1.29 is 14.6 Å². The standard InChI is InChI=1S/C19H15NO3/c21-19(22)15-10-11-17(20-12-15)16-8-4-5-9-18(16)23-13-14-6-2-1-3-7-14/h1-12H,13H2,(H,21,22). The Morgan fingerprint density at radius 1 is 0.957 bits per heavy atom. The number of ether oxygens (including phenoxy) is 1. The van der Waals surface area contributed by atoms with E-state index in [9.17, 15) is 4.79 Å². The molecule has 0 aliphatic carbocycles. The van der Waals surface area contributed by atoms with Crippen molar-refractivity contribution in [3.63, 3.8) is 0 Å². The molecule has 0 fully saturated rings. The number of para-hydroxylation sites is 1. The highest BCUT2D eigenvalue weighted by Crippen LogP contribution is 2.29. The van der Waals surface area contributed by atoms with Gasteiger partial charge in [0.1, 0.15) is 12.4 Å². The number of carboxylic acid groups (broad SMARTS) is 1. The van der Waals surface area contributed by atoms with Crippen LogP contribution in [0.2, 0.25) is 0 Å². The van der Waals surface area contributed by atoms with E-state index in [-0.39, 0.29) is 5.56 Å². The number of hydrogen-bond donors (Lipinski definition) is 1. The van der Waals surface area contributed by atoms with Gasteiger partial charge < -0.3 is 9.84 Å². The number of pyridine rings is 1. The first-order valence-corrected chi connectivity index (χ1v) is 7.19. The Morgan fingerprint density at radius 3 is 2.39 bits per heavy atom. The normalized spacial score (nSPS) is 10.3. The molecular weight excluding hydrogens is 290 g/mol. The Labute approximate surface area is 134 Å². The molecule has 0 atom stereocenters. The molecule has 1 N–H and O–H groups in total. The maximum absolute atomic E-state index is 10.9. The lowest BCUT2D eigenvalue weighted by atomic mass is 10.1. The second-order valence-electron chi connectivity index (χ2n) is 5.01. The van der Waals surface area contributed by atoms with Crippen molar-refractivity contribution in [1.82, 2.24) is 4.98 Å². The molecule has 0 saturated heterocycles. The quantitative estimate of drug-likeness (QED) is 0.773. The minimum atomic E-state index is -0.988. The van der Waals surface area contributed by atoms with Crippen molar-refractivity contribution in [2.45, 2.75) is 6.61 Å². The number of carboxylic acids is 1. The minimum absolute atomic E-state index is 0.163. The molecule has 4 nitrogen and oxygen atoms in total. The summed E-state index contributed by atoms with van der Waals surface area (Å²) in [6.07, 6.45) is 1.35. The highest BCUT2D eigenvalue weighted by Gasteiger charge is 2.09. The predicted molar refractivity (Wildman–Crippen MR) is 87.4 cm³/mol. The van der Waals surface area contributed by atoms with Crippen LogP contribution < -0.4 is 4.74 Å². The van der Waals surface area contributed by atoms with Crippen LogP contribution in [0.25, 0.3) is 11.3 Å². The van der Waals surface area contributed by atoms with Gasteiger partial charge in [0.05, 0.1) is 11.3 Å². The summed E-state index contributed by atoms with van der Waals surface area (Å²) in [4.78, 5) is 15.1. The van der Waals surface area contributed by atoms with Crippen LogP contribution in [-0.4, -0.2) is 16.1 Å². The Kier molecular flexibility index (Phi) is 4.34. The molecule has 3 aromatic rings. The topological polar surface area (TPSA) is 59.4 Å². The number of hydrogen-bond acceptors (Lipinski definition) is 3.